The fourth-order valence-electron chi connectivity index (χ4n) is 8.80. The number of pyridine rings is 1. The molecule has 7 rings (SSSR count). The van der Waals surface area contributed by atoms with Gasteiger partial charge >= 0.3 is 6.09 Å². The van der Waals surface area contributed by atoms with Crippen molar-refractivity contribution in [2.24, 2.45) is 5.92 Å². The van der Waals surface area contributed by atoms with Crippen LogP contribution in [0.2, 0.25) is 0 Å². The molecule has 0 saturated carbocycles. The number of hydrogen-bond acceptors (Lipinski definition) is 6. The Morgan fingerprint density at radius 2 is 1.51 bits per heavy atom. The average Bonchev–Trinajstić information content (AvgIpc) is 3.58. The Kier molecular flexibility index (Phi) is 15.4. The van der Waals surface area contributed by atoms with E-state index in [9.17, 15) is 14.7 Å². The standard InChI is InChI=1S/C47H56N4O5.BrH/c52-42(39-22-24-44(46-40(39)23-25-45(53)50-46)55-34-35-16-8-6-9-17-35)32-48-28-14-4-2-1-3-5-15-29-51-30-26-37(33-51)43(27-31-51)56-47(54)49-41-21-13-12-20-38(41)36-18-10-7-11-19-36;/h6-13,16-25,37,42-43,48,52H,1-5,14-15,26-34H2,(H-,49,50,53,54);1H/t37?,42-,43?,51+;/m0./s1. The third kappa shape index (κ3) is 11.3. The van der Waals surface area contributed by atoms with Gasteiger partial charge in [-0.2, -0.15) is 0 Å². The van der Waals surface area contributed by atoms with Gasteiger partial charge in [-0.1, -0.05) is 111 Å². The molecule has 57 heavy (non-hydrogen) atoms. The molecule has 2 fully saturated rings. The number of amides is 1. The fraction of sp³-hybridized carbons (Fsp3) is 0.404. The van der Waals surface area contributed by atoms with Crippen molar-refractivity contribution >= 4 is 22.7 Å². The van der Waals surface area contributed by atoms with Gasteiger partial charge in [0.15, 0.2) is 0 Å². The van der Waals surface area contributed by atoms with Crippen LogP contribution in [0.5, 0.6) is 5.75 Å². The minimum Gasteiger partial charge on any atom is -1.00 e. The number of nitrogens with zero attached hydrogens (tertiary/aromatic N) is 1. The van der Waals surface area contributed by atoms with Crippen LogP contribution in [0.15, 0.2) is 114 Å². The molecule has 2 aliphatic rings. The Bertz CT molecular complexity index is 2080. The van der Waals surface area contributed by atoms with Gasteiger partial charge in [-0.05, 0) is 60.7 Å². The zero-order valence-electron chi connectivity index (χ0n) is 32.8. The number of unbranched alkanes of at least 4 members (excludes halogenated alkanes) is 6. The largest absolute Gasteiger partial charge is 1.00 e. The first-order valence-electron chi connectivity index (χ1n) is 20.6. The van der Waals surface area contributed by atoms with Gasteiger partial charge < -0.3 is 46.3 Å². The first kappa shape index (κ1) is 42.1. The zero-order chi connectivity index (χ0) is 38.6. The molecule has 4 N–H and O–H groups in total. The lowest BCUT2D eigenvalue weighted by Crippen LogP contribution is -3.00. The topological polar surface area (TPSA) is 113 Å². The van der Waals surface area contributed by atoms with Crippen LogP contribution in [0.4, 0.5) is 10.5 Å². The van der Waals surface area contributed by atoms with Gasteiger partial charge in [0, 0.05) is 36.4 Å². The summed E-state index contributed by atoms with van der Waals surface area (Å²) in [5.41, 5.74) is 5.06. The van der Waals surface area contributed by atoms with Crippen molar-refractivity contribution in [2.75, 3.05) is 44.6 Å². The first-order chi connectivity index (χ1) is 27.5. The number of anilines is 1. The number of aliphatic hydroxyl groups excluding tert-OH is 1. The van der Waals surface area contributed by atoms with E-state index in [1.807, 2.05) is 84.9 Å². The molecule has 4 aromatic carbocycles. The molecule has 1 aromatic heterocycles. The minimum atomic E-state index is -0.699. The van der Waals surface area contributed by atoms with Crippen LogP contribution in [0.25, 0.3) is 22.0 Å². The third-order valence-corrected chi connectivity index (χ3v) is 11.8. The molecular weight excluding hydrogens is 780 g/mol. The lowest BCUT2D eigenvalue weighted by Gasteiger charge is -2.40. The predicted octanol–water partition coefficient (Wildman–Crippen LogP) is 5.99. The summed E-state index contributed by atoms with van der Waals surface area (Å²) in [6, 6.07) is 34.9. The number of nitrogens with one attached hydrogen (secondary N) is 3. The van der Waals surface area contributed by atoms with Gasteiger partial charge in [-0.25, -0.2) is 4.79 Å². The Morgan fingerprint density at radius 3 is 2.32 bits per heavy atom. The average molecular weight is 838 g/mol. The van der Waals surface area contributed by atoms with E-state index in [2.05, 4.69) is 27.8 Å². The maximum absolute atomic E-state index is 13.0. The molecule has 10 heteroatoms. The van der Waals surface area contributed by atoms with Crippen LogP contribution in [0.3, 0.4) is 0 Å². The summed E-state index contributed by atoms with van der Waals surface area (Å²) in [7, 11) is 0. The lowest BCUT2D eigenvalue weighted by molar-refractivity contribution is -0.922. The van der Waals surface area contributed by atoms with Gasteiger partial charge in [0.1, 0.15) is 18.5 Å². The van der Waals surface area contributed by atoms with E-state index in [0.717, 1.165) is 72.2 Å². The van der Waals surface area contributed by atoms with Crippen molar-refractivity contribution in [1.82, 2.24) is 10.3 Å². The summed E-state index contributed by atoms with van der Waals surface area (Å²) < 4.78 is 13.3. The lowest BCUT2D eigenvalue weighted by atomic mass is 9.95. The van der Waals surface area contributed by atoms with Crippen LogP contribution >= 0.6 is 0 Å². The van der Waals surface area contributed by atoms with Crippen molar-refractivity contribution in [1.29, 1.82) is 0 Å². The third-order valence-electron chi connectivity index (χ3n) is 11.8. The zero-order valence-corrected chi connectivity index (χ0v) is 34.4. The van der Waals surface area contributed by atoms with E-state index in [1.54, 1.807) is 6.07 Å². The van der Waals surface area contributed by atoms with Gasteiger partial charge in [0.25, 0.3) is 0 Å². The molecule has 5 aromatic rings. The van der Waals surface area contributed by atoms with Crippen molar-refractivity contribution in [3.8, 4) is 16.9 Å². The highest BCUT2D eigenvalue weighted by Gasteiger charge is 2.47. The predicted molar refractivity (Wildman–Crippen MR) is 224 cm³/mol. The molecule has 1 amide bonds. The fourth-order valence-corrected chi connectivity index (χ4v) is 8.80. The number of carbonyl (C=O) groups excluding carboxylic acids is 1. The Labute approximate surface area is 347 Å². The Morgan fingerprint density at radius 1 is 0.807 bits per heavy atom. The van der Waals surface area contributed by atoms with Crippen molar-refractivity contribution in [2.45, 2.75) is 76.6 Å². The second-order valence-electron chi connectivity index (χ2n) is 15.7. The number of halogens is 1. The summed E-state index contributed by atoms with van der Waals surface area (Å²) in [5, 5.41) is 18.3. The second-order valence-corrected chi connectivity index (χ2v) is 15.7. The van der Waals surface area contributed by atoms with Crippen LogP contribution in [-0.4, -0.2) is 66.0 Å². The van der Waals surface area contributed by atoms with E-state index in [-0.39, 0.29) is 34.7 Å². The summed E-state index contributed by atoms with van der Waals surface area (Å²) in [5.74, 6) is 1.04. The van der Waals surface area contributed by atoms with Crippen LogP contribution < -0.4 is 37.9 Å². The quantitative estimate of drug-likeness (QED) is 0.0602. The molecule has 2 aliphatic heterocycles. The number of carbonyl (C=O) groups is 1. The SMILES string of the molecule is O=C(Nc1ccccc1-c1ccccc1)OC1CC[N@@+]2(CCCCCCCCCNC[C@H](O)c3ccc(OCc4ccccc4)c4[nH]c(=O)ccc34)CCC1C2.[Br-]. The maximum atomic E-state index is 13.0. The number of hydrogen-bond donors (Lipinski definition) is 4. The van der Waals surface area contributed by atoms with Crippen molar-refractivity contribution < 1.29 is 40.8 Å². The molecule has 0 aliphatic carbocycles. The van der Waals surface area contributed by atoms with Crippen LogP contribution in [0, 0.1) is 5.92 Å². The van der Waals surface area contributed by atoms with Crippen LogP contribution in [-0.2, 0) is 11.3 Å². The molecule has 2 saturated heterocycles. The summed E-state index contributed by atoms with van der Waals surface area (Å²) >= 11 is 0. The van der Waals surface area contributed by atoms with Crippen molar-refractivity contribution in [3.63, 3.8) is 0 Å². The Balaban J connectivity index is 0.00000549. The number of aromatic amines is 1. The number of quaternary nitrogens is 1. The number of H-pyrrole nitrogens is 1. The van der Waals surface area contributed by atoms with E-state index in [1.165, 1.54) is 62.2 Å². The van der Waals surface area contributed by atoms with Crippen LogP contribution in [0.1, 0.15) is 75.0 Å². The number of benzene rings is 4. The molecule has 3 heterocycles. The highest BCUT2D eigenvalue weighted by molar-refractivity contribution is 5.91. The van der Waals surface area contributed by atoms with E-state index >= 15 is 0 Å². The highest BCUT2D eigenvalue weighted by atomic mass is 79.9. The number of aliphatic hydroxyl groups is 1. The molecule has 0 radical (unpaired) electrons. The number of ether oxygens (including phenoxy) is 2. The molecule has 4 atom stereocenters. The number of aromatic nitrogens is 1. The van der Waals surface area contributed by atoms with Gasteiger partial charge in [0.2, 0.25) is 5.56 Å². The first-order valence-corrected chi connectivity index (χ1v) is 20.6. The molecule has 2 bridgehead atoms. The summed E-state index contributed by atoms with van der Waals surface area (Å²) in [6.45, 7) is 6.37. The summed E-state index contributed by atoms with van der Waals surface area (Å²) in [4.78, 5) is 28.1. The number of para-hydroxylation sites is 1. The smallest absolute Gasteiger partial charge is 0.411 e. The molecule has 0 spiro atoms. The minimum absolute atomic E-state index is 0. The summed E-state index contributed by atoms with van der Waals surface area (Å²) in [6.07, 6.45) is 9.57. The van der Waals surface area contributed by atoms with Gasteiger partial charge in [0.05, 0.1) is 49.4 Å². The molecule has 302 valence electrons. The maximum Gasteiger partial charge on any atom is 0.411 e. The van der Waals surface area contributed by atoms with E-state index in [4.69, 9.17) is 9.47 Å². The van der Waals surface area contributed by atoms with Crippen molar-refractivity contribution in [3.05, 3.63) is 131 Å². The van der Waals surface area contributed by atoms with Gasteiger partial charge in [-0.15, -0.1) is 0 Å². The highest BCUT2D eigenvalue weighted by Crippen LogP contribution is 2.37. The van der Waals surface area contributed by atoms with E-state index in [0.29, 0.717) is 30.3 Å². The van der Waals surface area contributed by atoms with Gasteiger partial charge in [-0.3, -0.25) is 10.1 Å². The molecular formula is C47H57BrN4O5. The number of piperidine rings is 1. The molecule has 9 nitrogen and oxygen atoms in total. The molecule has 2 unspecified atom stereocenters. The monoisotopic (exact) mass is 836 g/mol. The normalized spacial score (nSPS) is 19.1. The van der Waals surface area contributed by atoms with E-state index < -0.39 is 6.10 Å². The second kappa shape index (κ2) is 20.8. The number of rotatable bonds is 19. The number of fused-ring (bicyclic) bond motifs is 3. The Hall–Kier alpha value is -4.48.